The highest BCUT2D eigenvalue weighted by molar-refractivity contribution is 5.88. The van der Waals surface area contributed by atoms with E-state index in [0.717, 1.165) is 12.0 Å². The fourth-order valence-electron chi connectivity index (χ4n) is 3.54. The molecule has 12 nitrogen and oxygen atoms in total. The van der Waals surface area contributed by atoms with Crippen molar-refractivity contribution in [3.8, 4) is 0 Å². The topological polar surface area (TPSA) is 154 Å². The molecule has 1 fully saturated rings. The van der Waals surface area contributed by atoms with E-state index in [1.165, 1.54) is 13.3 Å². The van der Waals surface area contributed by atoms with Gasteiger partial charge in [-0.1, -0.05) is 30.3 Å². The number of amides is 1. The number of benzene rings is 1. The lowest BCUT2D eigenvalue weighted by atomic mass is 10.2. The number of rotatable bonds is 14. The monoisotopic (exact) mass is 525 g/mol. The SMILES string of the molecule is CC(=O)CCC(=O)OCCNC(=O)Cn1cnc(C2CC2OCc2ccccc2)c1/N=C(N)/N=C/N(C)C. The summed E-state index contributed by atoms with van der Waals surface area (Å²) in [4.78, 5) is 49.9. The summed E-state index contributed by atoms with van der Waals surface area (Å²) in [5.74, 6) is -0.369. The fourth-order valence-corrected chi connectivity index (χ4v) is 3.54. The largest absolute Gasteiger partial charge is 0.464 e. The number of ketones is 1. The Morgan fingerprint density at radius 2 is 2.00 bits per heavy atom. The zero-order valence-electron chi connectivity index (χ0n) is 22.0. The number of aliphatic imine (C=N–C) groups is 2. The molecule has 0 aliphatic heterocycles. The first-order chi connectivity index (χ1) is 18.2. The van der Waals surface area contributed by atoms with Gasteiger partial charge in [0, 0.05) is 26.4 Å². The summed E-state index contributed by atoms with van der Waals surface area (Å²) in [7, 11) is 3.63. The lowest BCUT2D eigenvalue weighted by Gasteiger charge is -2.09. The van der Waals surface area contributed by atoms with Gasteiger partial charge in [-0.05, 0) is 18.9 Å². The number of esters is 1. The smallest absolute Gasteiger partial charge is 0.306 e. The van der Waals surface area contributed by atoms with Crippen LogP contribution in [-0.2, 0) is 37.0 Å². The molecule has 0 bridgehead atoms. The number of hydrogen-bond acceptors (Lipinski definition) is 7. The summed E-state index contributed by atoms with van der Waals surface area (Å²) in [5.41, 5.74) is 7.81. The first-order valence-corrected chi connectivity index (χ1v) is 12.4. The molecule has 38 heavy (non-hydrogen) atoms. The van der Waals surface area contributed by atoms with E-state index in [-0.39, 0.29) is 62.2 Å². The van der Waals surface area contributed by atoms with Gasteiger partial charge in [-0.15, -0.1) is 0 Å². The van der Waals surface area contributed by atoms with E-state index in [0.29, 0.717) is 18.1 Å². The molecule has 204 valence electrons. The number of imidazole rings is 1. The van der Waals surface area contributed by atoms with Crippen molar-refractivity contribution in [3.63, 3.8) is 0 Å². The second kappa shape index (κ2) is 14.0. The van der Waals surface area contributed by atoms with Gasteiger partial charge in [0.05, 0.1) is 44.0 Å². The molecule has 1 aliphatic rings. The van der Waals surface area contributed by atoms with Crippen LogP contribution in [0, 0.1) is 0 Å². The lowest BCUT2D eigenvalue weighted by Crippen LogP contribution is -2.31. The highest BCUT2D eigenvalue weighted by atomic mass is 16.5. The average molecular weight is 526 g/mol. The van der Waals surface area contributed by atoms with Crippen molar-refractivity contribution in [2.45, 2.75) is 51.4 Å². The average Bonchev–Trinajstić information content (AvgIpc) is 3.56. The Hall–Kier alpha value is -4.06. The molecule has 0 radical (unpaired) electrons. The molecule has 1 amide bonds. The van der Waals surface area contributed by atoms with Gasteiger partial charge in [0.25, 0.3) is 0 Å². The highest BCUT2D eigenvalue weighted by Crippen LogP contribution is 2.46. The van der Waals surface area contributed by atoms with Crippen molar-refractivity contribution in [1.82, 2.24) is 19.8 Å². The van der Waals surface area contributed by atoms with Crippen LogP contribution in [0.5, 0.6) is 0 Å². The molecule has 0 saturated heterocycles. The van der Waals surface area contributed by atoms with Gasteiger partial charge in [0.15, 0.2) is 5.82 Å². The minimum absolute atomic E-state index is 0.00878. The molecule has 1 aliphatic carbocycles. The maximum atomic E-state index is 12.6. The first kappa shape index (κ1) is 28.5. The molecule has 1 aromatic carbocycles. The van der Waals surface area contributed by atoms with Gasteiger partial charge >= 0.3 is 5.97 Å². The maximum absolute atomic E-state index is 12.6. The fraction of sp³-hybridized carbons (Fsp3) is 0.462. The van der Waals surface area contributed by atoms with Crippen LogP contribution < -0.4 is 11.1 Å². The molecule has 2 atom stereocenters. The zero-order chi connectivity index (χ0) is 27.5. The lowest BCUT2D eigenvalue weighted by molar-refractivity contribution is -0.144. The molecule has 3 N–H and O–H groups in total. The van der Waals surface area contributed by atoms with Gasteiger partial charge in [-0.2, -0.15) is 4.99 Å². The molecule has 1 heterocycles. The number of nitrogens with two attached hydrogens (primary N) is 1. The molecule has 2 unspecified atom stereocenters. The minimum atomic E-state index is -0.479. The number of Topliss-reactive ketones (excluding diaryl/α,β-unsaturated/α-hetero) is 1. The molecule has 0 spiro atoms. The second-order valence-electron chi connectivity index (χ2n) is 9.21. The third-order valence-corrected chi connectivity index (χ3v) is 5.55. The number of guanidine groups is 1. The van der Waals surface area contributed by atoms with Crippen molar-refractivity contribution >= 4 is 35.8 Å². The number of nitrogens with one attached hydrogen (secondary N) is 1. The summed E-state index contributed by atoms with van der Waals surface area (Å²) >= 11 is 0. The van der Waals surface area contributed by atoms with E-state index < -0.39 is 5.97 Å². The first-order valence-electron chi connectivity index (χ1n) is 12.4. The Labute approximate surface area is 221 Å². The van der Waals surface area contributed by atoms with Crippen LogP contribution in [-0.4, -0.2) is 77.8 Å². The predicted octanol–water partition coefficient (Wildman–Crippen LogP) is 1.52. The molecule has 1 aromatic heterocycles. The van der Waals surface area contributed by atoms with Crippen molar-refractivity contribution < 1.29 is 23.9 Å². The summed E-state index contributed by atoms with van der Waals surface area (Å²) in [5, 5.41) is 2.70. The Kier molecular flexibility index (Phi) is 10.5. The van der Waals surface area contributed by atoms with E-state index in [4.69, 9.17) is 15.2 Å². The van der Waals surface area contributed by atoms with Crippen LogP contribution in [0.3, 0.4) is 0 Å². The summed E-state index contributed by atoms with van der Waals surface area (Å²) in [6, 6.07) is 9.92. The van der Waals surface area contributed by atoms with Gasteiger partial charge in [0.2, 0.25) is 11.9 Å². The second-order valence-corrected chi connectivity index (χ2v) is 9.21. The molecule has 2 aromatic rings. The Morgan fingerprint density at radius 3 is 2.71 bits per heavy atom. The summed E-state index contributed by atoms with van der Waals surface area (Å²) in [6.45, 7) is 2.00. The standard InChI is InChI=1S/C26H35N7O5/c1-18(34)9-10-23(36)37-12-11-28-22(35)14-33-17-29-24(25(33)31-26(27)30-16-32(2)3)20-13-21(20)38-15-19-7-5-4-6-8-19/h4-8,16-17,20-21H,9-15H2,1-3H3,(H2,27,31)(H,28,35)/b30-16+. The van der Waals surface area contributed by atoms with Crippen molar-refractivity contribution in [1.29, 1.82) is 0 Å². The van der Waals surface area contributed by atoms with Gasteiger partial charge in [-0.3, -0.25) is 9.59 Å². The zero-order valence-corrected chi connectivity index (χ0v) is 22.0. The van der Waals surface area contributed by atoms with E-state index >= 15 is 0 Å². The number of aromatic nitrogens is 2. The number of carbonyl (C=O) groups excluding carboxylic acids is 3. The number of carbonyl (C=O) groups is 3. The van der Waals surface area contributed by atoms with Crippen LogP contribution in [0.25, 0.3) is 0 Å². The van der Waals surface area contributed by atoms with Crippen molar-refractivity contribution in [3.05, 3.63) is 47.9 Å². The third kappa shape index (κ3) is 9.43. The van der Waals surface area contributed by atoms with Crippen LogP contribution in [0.2, 0.25) is 0 Å². The van der Waals surface area contributed by atoms with E-state index in [1.54, 1.807) is 15.8 Å². The molecule has 12 heteroatoms. The molecule has 3 rings (SSSR count). The van der Waals surface area contributed by atoms with Crippen LogP contribution in [0.15, 0.2) is 46.6 Å². The Balaban J connectivity index is 1.61. The van der Waals surface area contributed by atoms with E-state index in [9.17, 15) is 14.4 Å². The number of nitrogens with zero attached hydrogens (tertiary/aromatic N) is 5. The minimum Gasteiger partial charge on any atom is -0.464 e. The van der Waals surface area contributed by atoms with Crippen molar-refractivity contribution in [2.24, 2.45) is 15.7 Å². The Morgan fingerprint density at radius 1 is 1.24 bits per heavy atom. The van der Waals surface area contributed by atoms with Crippen LogP contribution >= 0.6 is 0 Å². The quantitative estimate of drug-likeness (QED) is 0.163. The van der Waals surface area contributed by atoms with Gasteiger partial charge in [-0.25, -0.2) is 9.98 Å². The maximum Gasteiger partial charge on any atom is 0.306 e. The van der Waals surface area contributed by atoms with Gasteiger partial charge < -0.3 is 34.8 Å². The molecule has 1 saturated carbocycles. The Bertz CT molecular complexity index is 1160. The van der Waals surface area contributed by atoms with Crippen LogP contribution in [0.4, 0.5) is 5.82 Å². The number of ether oxygens (including phenoxy) is 2. The van der Waals surface area contributed by atoms with Crippen molar-refractivity contribution in [2.75, 3.05) is 27.2 Å². The van der Waals surface area contributed by atoms with E-state index in [1.807, 2.05) is 44.4 Å². The number of hydrogen-bond donors (Lipinski definition) is 2. The molecular weight excluding hydrogens is 490 g/mol. The predicted molar refractivity (Wildman–Crippen MR) is 142 cm³/mol. The summed E-state index contributed by atoms with van der Waals surface area (Å²) in [6.07, 6.45) is 4.02. The van der Waals surface area contributed by atoms with Crippen LogP contribution in [0.1, 0.15) is 43.4 Å². The third-order valence-electron chi connectivity index (χ3n) is 5.55. The van der Waals surface area contributed by atoms with Gasteiger partial charge in [0.1, 0.15) is 18.9 Å². The highest BCUT2D eigenvalue weighted by Gasteiger charge is 2.43. The normalized spacial score (nSPS) is 16.9. The van der Waals surface area contributed by atoms with E-state index in [2.05, 4.69) is 20.3 Å². The molecular formula is C26H35N7O5. The summed E-state index contributed by atoms with van der Waals surface area (Å²) < 4.78 is 12.7.